The standard InChI is InChI=1S/C9H10N2O2/c10-6-11-8-3-1-7(2-4-8)5-9(12)13/h1-4,6H,5H2,(H2,10,11)(H,12,13). The maximum absolute atomic E-state index is 10.3. The van der Waals surface area contributed by atoms with Crippen molar-refractivity contribution in [2.75, 3.05) is 0 Å². The highest BCUT2D eigenvalue weighted by Gasteiger charge is 1.98. The number of aliphatic imine (C=N–C) groups is 1. The summed E-state index contributed by atoms with van der Waals surface area (Å²) in [7, 11) is 0. The summed E-state index contributed by atoms with van der Waals surface area (Å²) in [5.41, 5.74) is 6.57. The first-order valence-corrected chi connectivity index (χ1v) is 3.77. The maximum atomic E-state index is 10.3. The molecule has 0 aliphatic rings. The molecular formula is C9H10N2O2. The monoisotopic (exact) mass is 178 g/mol. The van der Waals surface area contributed by atoms with Crippen LogP contribution in [0.5, 0.6) is 0 Å². The fourth-order valence-corrected chi connectivity index (χ4v) is 0.961. The Morgan fingerprint density at radius 2 is 2.08 bits per heavy atom. The van der Waals surface area contributed by atoms with Crippen LogP contribution in [0.4, 0.5) is 5.69 Å². The van der Waals surface area contributed by atoms with Crippen LogP contribution in [0.2, 0.25) is 0 Å². The van der Waals surface area contributed by atoms with Crippen molar-refractivity contribution in [2.45, 2.75) is 6.42 Å². The molecule has 0 amide bonds. The van der Waals surface area contributed by atoms with E-state index >= 15 is 0 Å². The largest absolute Gasteiger partial charge is 0.481 e. The first-order chi connectivity index (χ1) is 6.22. The Bertz CT molecular complexity index is 317. The lowest BCUT2D eigenvalue weighted by atomic mass is 10.1. The second kappa shape index (κ2) is 4.25. The molecule has 0 heterocycles. The summed E-state index contributed by atoms with van der Waals surface area (Å²) in [6, 6.07) is 6.89. The molecular weight excluding hydrogens is 168 g/mol. The van der Waals surface area contributed by atoms with E-state index in [1.165, 1.54) is 6.34 Å². The van der Waals surface area contributed by atoms with Gasteiger partial charge in [0.1, 0.15) is 0 Å². The Labute approximate surface area is 75.7 Å². The second-order valence-corrected chi connectivity index (χ2v) is 2.52. The quantitative estimate of drug-likeness (QED) is 0.534. The fourth-order valence-electron chi connectivity index (χ4n) is 0.961. The number of carboxylic acids is 1. The lowest BCUT2D eigenvalue weighted by Gasteiger charge is -1.96. The fraction of sp³-hybridized carbons (Fsp3) is 0.111. The van der Waals surface area contributed by atoms with Crippen molar-refractivity contribution in [3.8, 4) is 0 Å². The molecule has 0 unspecified atom stereocenters. The van der Waals surface area contributed by atoms with E-state index in [1.807, 2.05) is 0 Å². The van der Waals surface area contributed by atoms with Crippen LogP contribution in [0.15, 0.2) is 29.3 Å². The van der Waals surface area contributed by atoms with E-state index < -0.39 is 5.97 Å². The third-order valence-electron chi connectivity index (χ3n) is 1.52. The van der Waals surface area contributed by atoms with Gasteiger partial charge >= 0.3 is 5.97 Å². The molecule has 68 valence electrons. The summed E-state index contributed by atoms with van der Waals surface area (Å²) in [4.78, 5) is 14.2. The van der Waals surface area contributed by atoms with Crippen LogP contribution >= 0.6 is 0 Å². The second-order valence-electron chi connectivity index (χ2n) is 2.52. The van der Waals surface area contributed by atoms with Crippen LogP contribution in [0.1, 0.15) is 5.56 Å². The van der Waals surface area contributed by atoms with Crippen LogP contribution < -0.4 is 5.73 Å². The van der Waals surface area contributed by atoms with Crippen LogP contribution in [0.25, 0.3) is 0 Å². The van der Waals surface area contributed by atoms with Gasteiger partial charge in [-0.05, 0) is 17.7 Å². The molecule has 0 fully saturated rings. The molecule has 0 aliphatic heterocycles. The molecule has 0 radical (unpaired) electrons. The highest BCUT2D eigenvalue weighted by atomic mass is 16.4. The number of hydrogen-bond acceptors (Lipinski definition) is 2. The van der Waals surface area contributed by atoms with Crippen molar-refractivity contribution in [2.24, 2.45) is 10.7 Å². The predicted octanol–water partition coefficient (Wildman–Crippen LogP) is 0.932. The third kappa shape index (κ3) is 2.94. The van der Waals surface area contributed by atoms with E-state index in [9.17, 15) is 4.79 Å². The minimum Gasteiger partial charge on any atom is -0.481 e. The SMILES string of the molecule is NC=Nc1ccc(CC(=O)O)cc1. The first kappa shape index (κ1) is 9.25. The third-order valence-corrected chi connectivity index (χ3v) is 1.52. The Morgan fingerprint density at radius 1 is 1.46 bits per heavy atom. The van der Waals surface area contributed by atoms with E-state index in [0.29, 0.717) is 0 Å². The summed E-state index contributed by atoms with van der Waals surface area (Å²) in [5, 5.41) is 8.49. The number of carboxylic acid groups (broad SMARTS) is 1. The maximum Gasteiger partial charge on any atom is 0.307 e. The lowest BCUT2D eigenvalue weighted by Crippen LogP contribution is -1.99. The topological polar surface area (TPSA) is 75.7 Å². The van der Waals surface area contributed by atoms with Gasteiger partial charge in [0.25, 0.3) is 0 Å². The van der Waals surface area contributed by atoms with Crippen LogP contribution in [-0.2, 0) is 11.2 Å². The number of nitrogens with zero attached hydrogens (tertiary/aromatic N) is 1. The van der Waals surface area contributed by atoms with Gasteiger partial charge in [-0.3, -0.25) is 4.79 Å². The van der Waals surface area contributed by atoms with Crippen molar-refractivity contribution in [1.29, 1.82) is 0 Å². The summed E-state index contributed by atoms with van der Waals surface area (Å²) in [6.45, 7) is 0. The van der Waals surface area contributed by atoms with Crippen LogP contribution in [-0.4, -0.2) is 17.4 Å². The van der Waals surface area contributed by atoms with Crippen molar-refractivity contribution in [3.05, 3.63) is 29.8 Å². The van der Waals surface area contributed by atoms with Gasteiger partial charge in [-0.15, -0.1) is 0 Å². The molecule has 0 saturated carbocycles. The van der Waals surface area contributed by atoms with E-state index in [4.69, 9.17) is 10.8 Å². The molecule has 1 aromatic rings. The van der Waals surface area contributed by atoms with Gasteiger partial charge in [0.05, 0.1) is 18.4 Å². The Balaban J connectivity index is 2.75. The molecule has 0 spiro atoms. The number of hydrogen-bond donors (Lipinski definition) is 2. The van der Waals surface area contributed by atoms with Crippen LogP contribution in [0, 0.1) is 0 Å². The molecule has 0 aliphatic carbocycles. The highest BCUT2D eigenvalue weighted by molar-refractivity contribution is 5.70. The molecule has 0 aromatic heterocycles. The molecule has 0 atom stereocenters. The Kier molecular flexibility index (Phi) is 3.03. The molecule has 13 heavy (non-hydrogen) atoms. The van der Waals surface area contributed by atoms with Crippen molar-refractivity contribution < 1.29 is 9.90 Å². The Hall–Kier alpha value is -1.84. The normalized spacial score (nSPS) is 10.5. The van der Waals surface area contributed by atoms with Crippen LogP contribution in [0.3, 0.4) is 0 Å². The molecule has 0 saturated heterocycles. The zero-order valence-corrected chi connectivity index (χ0v) is 6.97. The zero-order chi connectivity index (χ0) is 9.68. The van der Waals surface area contributed by atoms with Gasteiger partial charge < -0.3 is 10.8 Å². The van der Waals surface area contributed by atoms with E-state index in [2.05, 4.69) is 4.99 Å². The van der Waals surface area contributed by atoms with Crippen molar-refractivity contribution in [1.82, 2.24) is 0 Å². The Morgan fingerprint density at radius 3 is 2.54 bits per heavy atom. The van der Waals surface area contributed by atoms with Crippen molar-refractivity contribution in [3.63, 3.8) is 0 Å². The number of rotatable bonds is 3. The molecule has 4 nitrogen and oxygen atoms in total. The van der Waals surface area contributed by atoms with E-state index in [0.717, 1.165) is 11.3 Å². The minimum atomic E-state index is -0.838. The smallest absolute Gasteiger partial charge is 0.307 e. The van der Waals surface area contributed by atoms with Gasteiger partial charge in [-0.1, -0.05) is 12.1 Å². The predicted molar refractivity (Wildman–Crippen MR) is 50.1 cm³/mol. The average Bonchev–Trinajstić information content (AvgIpc) is 2.08. The van der Waals surface area contributed by atoms with Gasteiger partial charge in [-0.25, -0.2) is 4.99 Å². The molecule has 3 N–H and O–H groups in total. The number of carbonyl (C=O) groups is 1. The molecule has 1 rings (SSSR count). The summed E-state index contributed by atoms with van der Waals surface area (Å²) in [5.74, 6) is -0.838. The number of benzene rings is 1. The lowest BCUT2D eigenvalue weighted by molar-refractivity contribution is -0.136. The number of aliphatic carboxylic acids is 1. The van der Waals surface area contributed by atoms with E-state index in [1.54, 1.807) is 24.3 Å². The average molecular weight is 178 g/mol. The van der Waals surface area contributed by atoms with Gasteiger partial charge in [-0.2, -0.15) is 0 Å². The van der Waals surface area contributed by atoms with Gasteiger partial charge in [0.15, 0.2) is 0 Å². The highest BCUT2D eigenvalue weighted by Crippen LogP contribution is 2.12. The molecule has 4 heteroatoms. The van der Waals surface area contributed by atoms with E-state index in [-0.39, 0.29) is 6.42 Å². The zero-order valence-electron chi connectivity index (χ0n) is 6.97. The van der Waals surface area contributed by atoms with Crippen molar-refractivity contribution >= 4 is 18.0 Å². The van der Waals surface area contributed by atoms with Gasteiger partial charge in [0, 0.05) is 0 Å². The summed E-state index contributed by atoms with van der Waals surface area (Å²) in [6.07, 6.45) is 1.23. The summed E-state index contributed by atoms with van der Waals surface area (Å²) >= 11 is 0. The molecule has 0 bridgehead atoms. The minimum absolute atomic E-state index is 0.0343. The van der Waals surface area contributed by atoms with Gasteiger partial charge in [0.2, 0.25) is 0 Å². The number of nitrogens with two attached hydrogens (primary N) is 1. The summed E-state index contributed by atoms with van der Waals surface area (Å²) < 4.78 is 0. The first-order valence-electron chi connectivity index (χ1n) is 3.77. The molecule has 1 aromatic carbocycles.